The fourth-order valence-electron chi connectivity index (χ4n) is 16.1. The van der Waals surface area contributed by atoms with Gasteiger partial charge in [-0.1, -0.05) is 179 Å². The molecule has 5 fully saturated rings. The Morgan fingerprint density at radius 1 is 0.475 bits per heavy atom. The molecule has 0 aromatic carbocycles. The molecule has 0 aromatic rings. The van der Waals surface area contributed by atoms with Crippen LogP contribution < -0.4 is 16.0 Å². The molecule has 120 heavy (non-hydrogen) atoms. The molecule has 5 saturated heterocycles. The van der Waals surface area contributed by atoms with E-state index in [0.717, 1.165) is 111 Å². The molecular formula is C83H145N3O34. The summed E-state index contributed by atoms with van der Waals surface area (Å²) in [5.41, 5.74) is 0. The molecule has 29 atom stereocenters. The molecule has 5 heterocycles. The average Bonchev–Trinajstić information content (AvgIpc) is 0.746. The van der Waals surface area contributed by atoms with E-state index < -0.39 is 271 Å². The number of carboxylic acids is 2. The number of allylic oxidation sites excluding steroid dienone is 3. The zero-order valence-corrected chi connectivity index (χ0v) is 70.6. The Labute approximate surface area is 703 Å². The number of hydrogen-bond acceptors (Lipinski definition) is 32. The van der Waals surface area contributed by atoms with Gasteiger partial charge in [-0.15, -0.1) is 0 Å². The predicted molar refractivity (Wildman–Crippen MR) is 427 cm³/mol. The Morgan fingerprint density at radius 2 is 0.917 bits per heavy atom. The van der Waals surface area contributed by atoms with E-state index in [4.69, 9.17) is 47.4 Å². The topological polar surface area (TPSA) is 595 Å². The number of carboxylic acid groups (broad SMARTS) is 2. The van der Waals surface area contributed by atoms with Crippen LogP contribution in [0.2, 0.25) is 0 Å². The number of carbonyl (C=O) groups is 6. The molecule has 696 valence electrons. The second kappa shape index (κ2) is 55.8. The van der Waals surface area contributed by atoms with Gasteiger partial charge >= 0.3 is 11.9 Å². The Balaban J connectivity index is 1.41. The van der Waals surface area contributed by atoms with Crippen LogP contribution >= 0.6 is 0 Å². The number of rotatable bonds is 60. The van der Waals surface area contributed by atoms with Crippen molar-refractivity contribution in [3.63, 3.8) is 0 Å². The minimum absolute atomic E-state index is 0.110. The molecule has 0 bridgehead atoms. The maximum atomic E-state index is 14.2. The average molecular weight is 1730 g/mol. The lowest BCUT2D eigenvalue weighted by Gasteiger charge is -2.52. The summed E-state index contributed by atoms with van der Waals surface area (Å²) >= 11 is 0. The third-order valence-electron chi connectivity index (χ3n) is 22.9. The number of amides is 3. The molecule has 37 nitrogen and oxygen atoms in total. The van der Waals surface area contributed by atoms with E-state index >= 15 is 0 Å². The summed E-state index contributed by atoms with van der Waals surface area (Å²) in [5, 5.41) is 211. The Morgan fingerprint density at radius 3 is 1.39 bits per heavy atom. The van der Waals surface area contributed by atoms with Gasteiger partial charge in [-0.25, -0.2) is 9.59 Å². The summed E-state index contributed by atoms with van der Waals surface area (Å²) in [6, 6.07) is -4.96. The van der Waals surface area contributed by atoms with Crippen molar-refractivity contribution in [3.8, 4) is 0 Å². The lowest BCUT2D eigenvalue weighted by Crippen LogP contribution is -2.72. The van der Waals surface area contributed by atoms with Crippen molar-refractivity contribution in [3.05, 3.63) is 24.3 Å². The number of ketones is 1. The Kier molecular flexibility index (Phi) is 49.3. The van der Waals surface area contributed by atoms with E-state index in [0.29, 0.717) is 12.8 Å². The molecule has 37 heteroatoms. The van der Waals surface area contributed by atoms with E-state index in [-0.39, 0.29) is 6.42 Å². The second-order valence-corrected chi connectivity index (χ2v) is 32.8. The van der Waals surface area contributed by atoms with Crippen molar-refractivity contribution in [2.75, 3.05) is 39.6 Å². The largest absolute Gasteiger partial charge is 0.477 e. The minimum Gasteiger partial charge on any atom is -0.477 e. The van der Waals surface area contributed by atoms with Crippen LogP contribution in [0.15, 0.2) is 24.3 Å². The van der Waals surface area contributed by atoms with E-state index in [1.165, 1.54) is 89.5 Å². The lowest BCUT2D eigenvalue weighted by molar-refractivity contribution is -0.404. The van der Waals surface area contributed by atoms with Gasteiger partial charge in [-0.05, 0) is 51.9 Å². The third kappa shape index (κ3) is 33.0. The lowest BCUT2D eigenvalue weighted by atomic mass is 9.86. The predicted octanol–water partition coefficient (Wildman–Crippen LogP) is 0.734. The number of carbonyl (C=O) groups excluding carboxylic acids is 4. The van der Waals surface area contributed by atoms with Crippen LogP contribution in [0, 0.1) is 5.92 Å². The fourth-order valence-corrected chi connectivity index (χ4v) is 16.1. The maximum Gasteiger partial charge on any atom is 0.364 e. The first-order valence-corrected chi connectivity index (χ1v) is 43.6. The quantitative estimate of drug-likeness (QED) is 0.0295. The molecule has 2 unspecified atom stereocenters. The molecule has 0 spiro atoms. The van der Waals surface area contributed by atoms with Crippen molar-refractivity contribution < 1.29 is 168 Å². The SMILES string of the molecule is CCCCCCCCC=CCCCCCCCCCCCC(=O)N[C@@H](CO[C@@H]1O[C@H](CO)[C@@H](O[C@@H]2O[C@H](CO)[C@H](O[C@@H]3O[C@H](CO)[C@H](O)[C@H](O)[C@H]3CC(C)=O)[C@H](O[C@]3(C(=O)O)C[C@H](O)[C@@H](NC(C)=O)C([C@H](O)[C@@H](CO)O[C@]4(C(=O)O)C[C@H](O)[C@@H](NC(C)=O)C([C@H](O)[C@H](O)CO)O4)O3)[C@H]2O)[C@H](O)[C@H]1O)[C@H](O)C=CCCCCCCCCCCCCC. The van der Waals surface area contributed by atoms with Crippen molar-refractivity contribution in [2.45, 2.75) is 417 Å². The van der Waals surface area contributed by atoms with Crippen LogP contribution in [0.1, 0.15) is 247 Å². The first-order chi connectivity index (χ1) is 57.3. The first-order valence-electron chi connectivity index (χ1n) is 43.6. The number of unbranched alkanes of at least 4 members (excludes halogenated alkanes) is 26. The van der Waals surface area contributed by atoms with Crippen LogP contribution in [0.5, 0.6) is 0 Å². The number of aliphatic hydroxyl groups excluding tert-OH is 16. The van der Waals surface area contributed by atoms with Gasteiger partial charge in [0.1, 0.15) is 103 Å². The molecule has 5 aliphatic rings. The molecular weight excluding hydrogens is 1580 g/mol. The molecule has 3 amide bonds. The van der Waals surface area contributed by atoms with E-state index in [1.807, 2.05) is 0 Å². The molecule has 0 saturated carbocycles. The van der Waals surface area contributed by atoms with Crippen molar-refractivity contribution in [1.29, 1.82) is 0 Å². The van der Waals surface area contributed by atoms with Crippen LogP contribution in [-0.4, -0.2) is 338 Å². The van der Waals surface area contributed by atoms with Crippen LogP contribution in [-0.2, 0) is 76.1 Å². The highest BCUT2D eigenvalue weighted by Gasteiger charge is 2.64. The molecule has 5 aliphatic heterocycles. The van der Waals surface area contributed by atoms with E-state index in [2.05, 4.69) is 41.9 Å². The second-order valence-electron chi connectivity index (χ2n) is 32.8. The summed E-state index contributed by atoms with van der Waals surface area (Å²) in [6.45, 7) is 0.711. The summed E-state index contributed by atoms with van der Waals surface area (Å²) in [6.07, 6.45) is -12.9. The number of aliphatic carboxylic acids is 2. The number of ether oxygens (including phenoxy) is 10. The maximum absolute atomic E-state index is 14.2. The first kappa shape index (κ1) is 106. The zero-order chi connectivity index (χ0) is 88.7. The molecule has 21 N–H and O–H groups in total. The van der Waals surface area contributed by atoms with Gasteiger partial charge in [0, 0.05) is 45.4 Å². The van der Waals surface area contributed by atoms with Gasteiger partial charge in [-0.3, -0.25) is 14.4 Å². The fraction of sp³-hybridized carbons (Fsp3) is 0.880. The van der Waals surface area contributed by atoms with Gasteiger partial charge in [-0.2, -0.15) is 0 Å². The Bertz CT molecular complexity index is 2980. The van der Waals surface area contributed by atoms with Crippen LogP contribution in [0.4, 0.5) is 0 Å². The Hall–Kier alpha value is -4.54. The van der Waals surface area contributed by atoms with Gasteiger partial charge < -0.3 is 160 Å². The van der Waals surface area contributed by atoms with Gasteiger partial charge in [0.15, 0.2) is 18.9 Å². The highest BCUT2D eigenvalue weighted by atomic mass is 16.8. The third-order valence-corrected chi connectivity index (χ3v) is 22.9. The van der Waals surface area contributed by atoms with Gasteiger partial charge in [0.25, 0.3) is 11.6 Å². The van der Waals surface area contributed by atoms with Crippen LogP contribution in [0.3, 0.4) is 0 Å². The standard InChI is InChI=1S/C83H145N3O34/c1-6-8-10-12-14-16-18-20-21-22-23-24-25-27-29-31-33-35-37-39-62(99)86-53(54(95)38-36-34-32-30-28-26-19-17-15-13-11-9-7-2)48-111-78-70(105)69(104)72(60(46-90)113-78)115-79-71(106)76(73(61(47-91)114-79)116-77-52(40-49(3)92)65(100)67(102)58(44-88)112-77)120-83(81(109)110)42-56(97)64(85-51(5)94)75(119-83)68(103)59(45-89)117-82(80(107)108)41-55(96)63(84-50(4)93)74(118-82)66(101)57(98)43-87/h20-21,36,38,52-61,63-79,87-91,95-98,100-106H,6-19,22-35,37,39-48H2,1-5H3,(H,84,93)(H,85,94)(H,86,99)(H,107,108)(H,109,110)/t52-,53+,54-,55+,56+,57-,58-,59-,60-,61-,63-,64-,65-,66-,67+,68-,69-,70-,71-,72-,73+,74?,75?,76-,77+,78-,79+,82-,83+/m1/s1. The van der Waals surface area contributed by atoms with Crippen LogP contribution in [0.25, 0.3) is 0 Å². The monoisotopic (exact) mass is 1730 g/mol. The molecule has 0 aliphatic carbocycles. The van der Waals surface area contributed by atoms with E-state index in [1.54, 1.807) is 6.08 Å². The van der Waals surface area contributed by atoms with Crippen molar-refractivity contribution >= 4 is 35.4 Å². The summed E-state index contributed by atoms with van der Waals surface area (Å²) < 4.78 is 60.2. The number of nitrogens with one attached hydrogen (secondary N) is 3. The number of hydrogen-bond donors (Lipinski definition) is 21. The normalized spacial score (nSPS) is 32.7. The van der Waals surface area contributed by atoms with E-state index in [9.17, 15) is 121 Å². The molecule has 0 radical (unpaired) electrons. The van der Waals surface area contributed by atoms with Gasteiger partial charge in [0.2, 0.25) is 17.7 Å². The highest BCUT2D eigenvalue weighted by Crippen LogP contribution is 2.43. The van der Waals surface area contributed by atoms with Crippen molar-refractivity contribution in [1.82, 2.24) is 16.0 Å². The highest BCUT2D eigenvalue weighted by molar-refractivity contribution is 5.78. The number of Topliss-reactive ketones (excluding diaryl/α,β-unsaturated/α-hetero) is 1. The summed E-state index contributed by atoms with van der Waals surface area (Å²) in [5.74, 6) is -15.9. The summed E-state index contributed by atoms with van der Waals surface area (Å²) in [7, 11) is 0. The zero-order valence-electron chi connectivity index (χ0n) is 70.6. The summed E-state index contributed by atoms with van der Waals surface area (Å²) in [4.78, 5) is 79.3. The van der Waals surface area contributed by atoms with Crippen molar-refractivity contribution in [2.24, 2.45) is 5.92 Å². The van der Waals surface area contributed by atoms with Gasteiger partial charge in [0.05, 0.1) is 82.2 Å². The number of aliphatic hydroxyl groups is 16. The molecule has 0 aromatic heterocycles. The minimum atomic E-state index is -3.58. The smallest absolute Gasteiger partial charge is 0.364 e. The molecule has 5 rings (SSSR count).